The van der Waals surface area contributed by atoms with E-state index in [0.29, 0.717) is 23.7 Å². The van der Waals surface area contributed by atoms with Crippen molar-refractivity contribution >= 4 is 18.0 Å². The van der Waals surface area contributed by atoms with Gasteiger partial charge in [0, 0.05) is 6.42 Å². The van der Waals surface area contributed by atoms with Gasteiger partial charge in [-0.2, -0.15) is 0 Å². The lowest BCUT2D eigenvalue weighted by atomic mass is 10.0. The van der Waals surface area contributed by atoms with Crippen LogP contribution in [0.15, 0.2) is 60.3 Å². The Kier molecular flexibility index (Phi) is 6.84. The van der Waals surface area contributed by atoms with Crippen molar-refractivity contribution in [2.75, 3.05) is 0 Å². The number of benzene rings is 2. The third-order valence-electron chi connectivity index (χ3n) is 4.93. The number of carbonyl (C=O) groups is 2. The Morgan fingerprint density at radius 3 is 2.29 bits per heavy atom. The van der Waals surface area contributed by atoms with Crippen LogP contribution in [-0.4, -0.2) is 17.0 Å². The number of hydrogen-bond acceptors (Lipinski definition) is 3. The summed E-state index contributed by atoms with van der Waals surface area (Å²) in [5.41, 5.74) is 0.557. The molecule has 0 aliphatic heterocycles. The van der Waals surface area contributed by atoms with Crippen molar-refractivity contribution in [3.8, 4) is 11.5 Å². The molecule has 0 heterocycles. The fourth-order valence-corrected chi connectivity index (χ4v) is 3.42. The maximum atomic E-state index is 12.1. The van der Waals surface area contributed by atoms with E-state index in [2.05, 4.69) is 5.32 Å². The molecule has 2 N–H and O–H groups in total. The van der Waals surface area contributed by atoms with Gasteiger partial charge >= 0.3 is 5.97 Å². The van der Waals surface area contributed by atoms with E-state index in [4.69, 9.17) is 4.74 Å². The van der Waals surface area contributed by atoms with Crippen molar-refractivity contribution in [3.05, 3.63) is 65.9 Å². The molecular formula is C23H25NO4. The normalized spacial score (nSPS) is 14.6. The Labute approximate surface area is 165 Å². The van der Waals surface area contributed by atoms with Crippen molar-refractivity contribution in [2.45, 2.75) is 38.5 Å². The maximum absolute atomic E-state index is 12.1. The first kappa shape index (κ1) is 19.7. The first-order chi connectivity index (χ1) is 13.6. The third-order valence-corrected chi connectivity index (χ3v) is 4.93. The summed E-state index contributed by atoms with van der Waals surface area (Å²) in [4.78, 5) is 23.6. The monoisotopic (exact) mass is 379 g/mol. The van der Waals surface area contributed by atoms with E-state index >= 15 is 0 Å². The zero-order valence-corrected chi connectivity index (χ0v) is 15.8. The number of carboxylic acid groups (broad SMARTS) is 1. The molecule has 5 nitrogen and oxygen atoms in total. The minimum absolute atomic E-state index is 0.117. The number of amides is 1. The Bertz CT molecular complexity index is 821. The summed E-state index contributed by atoms with van der Waals surface area (Å²) in [5.74, 6) is 0.580. The Hall–Kier alpha value is -3.08. The van der Waals surface area contributed by atoms with Gasteiger partial charge in [0.2, 0.25) is 5.91 Å². The molecule has 0 saturated heterocycles. The lowest BCUT2D eigenvalue weighted by Crippen LogP contribution is -2.27. The molecule has 1 aliphatic rings. The maximum Gasteiger partial charge on any atom is 0.352 e. The van der Waals surface area contributed by atoms with Crippen LogP contribution in [0.4, 0.5) is 0 Å². The number of ether oxygens (including phenoxy) is 1. The second-order valence-corrected chi connectivity index (χ2v) is 7.08. The molecule has 0 aromatic heterocycles. The molecule has 0 radical (unpaired) electrons. The summed E-state index contributed by atoms with van der Waals surface area (Å²) in [7, 11) is 0. The van der Waals surface area contributed by atoms with E-state index in [1.54, 1.807) is 24.3 Å². The smallest absolute Gasteiger partial charge is 0.352 e. The van der Waals surface area contributed by atoms with Gasteiger partial charge in [-0.3, -0.25) is 4.79 Å². The highest BCUT2D eigenvalue weighted by molar-refractivity contribution is 5.96. The first-order valence-electron chi connectivity index (χ1n) is 9.68. The van der Waals surface area contributed by atoms with Gasteiger partial charge in [-0.15, -0.1) is 0 Å². The largest absolute Gasteiger partial charge is 0.477 e. The van der Waals surface area contributed by atoms with Crippen LogP contribution in [0, 0.1) is 5.92 Å². The third kappa shape index (κ3) is 5.98. The zero-order chi connectivity index (χ0) is 19.8. The molecule has 1 fully saturated rings. The lowest BCUT2D eigenvalue weighted by Gasteiger charge is -2.10. The molecular weight excluding hydrogens is 354 g/mol. The molecule has 0 spiro atoms. The zero-order valence-electron chi connectivity index (χ0n) is 15.8. The van der Waals surface area contributed by atoms with Crippen LogP contribution >= 0.6 is 0 Å². The number of carboxylic acids is 1. The van der Waals surface area contributed by atoms with E-state index in [9.17, 15) is 14.7 Å². The predicted molar refractivity (Wildman–Crippen MR) is 108 cm³/mol. The molecule has 0 atom stereocenters. The van der Waals surface area contributed by atoms with Crippen LogP contribution in [0.1, 0.15) is 44.1 Å². The molecule has 28 heavy (non-hydrogen) atoms. The summed E-state index contributed by atoms with van der Waals surface area (Å²) >= 11 is 0. The minimum Gasteiger partial charge on any atom is -0.477 e. The van der Waals surface area contributed by atoms with Crippen LogP contribution in [0.2, 0.25) is 0 Å². The molecule has 0 bridgehead atoms. The minimum atomic E-state index is -1.15. The van der Waals surface area contributed by atoms with E-state index < -0.39 is 5.97 Å². The molecule has 2 aromatic rings. The van der Waals surface area contributed by atoms with Gasteiger partial charge in [-0.1, -0.05) is 56.0 Å². The number of aliphatic carboxylic acids is 1. The molecule has 1 saturated carbocycles. The van der Waals surface area contributed by atoms with Gasteiger partial charge in [0.15, 0.2) is 0 Å². The molecule has 146 valence electrons. The number of carbonyl (C=O) groups excluding carboxylic acids is 1. The fraction of sp³-hybridized carbons (Fsp3) is 0.304. The van der Waals surface area contributed by atoms with Gasteiger partial charge in [0.05, 0.1) is 0 Å². The molecule has 2 aromatic carbocycles. The van der Waals surface area contributed by atoms with E-state index in [-0.39, 0.29) is 11.6 Å². The summed E-state index contributed by atoms with van der Waals surface area (Å²) in [6.45, 7) is 0. The van der Waals surface area contributed by atoms with E-state index in [1.165, 1.54) is 31.8 Å². The van der Waals surface area contributed by atoms with Gasteiger partial charge in [0.1, 0.15) is 17.2 Å². The predicted octanol–water partition coefficient (Wildman–Crippen LogP) is 4.99. The molecule has 5 heteroatoms. The van der Waals surface area contributed by atoms with E-state index in [1.807, 2.05) is 30.3 Å². The first-order valence-corrected chi connectivity index (χ1v) is 9.68. The van der Waals surface area contributed by atoms with Crippen LogP contribution in [0.5, 0.6) is 11.5 Å². The summed E-state index contributed by atoms with van der Waals surface area (Å²) in [6, 6.07) is 16.4. The average molecular weight is 379 g/mol. The summed E-state index contributed by atoms with van der Waals surface area (Å²) in [6.07, 6.45) is 7.46. The van der Waals surface area contributed by atoms with Gasteiger partial charge < -0.3 is 15.2 Å². The topological polar surface area (TPSA) is 75.6 Å². The highest BCUT2D eigenvalue weighted by Gasteiger charge is 2.17. The van der Waals surface area contributed by atoms with Gasteiger partial charge in [-0.05, 0) is 48.2 Å². The second-order valence-electron chi connectivity index (χ2n) is 7.08. The van der Waals surface area contributed by atoms with Crippen LogP contribution < -0.4 is 10.1 Å². The lowest BCUT2D eigenvalue weighted by molar-refractivity contribution is -0.134. The molecule has 1 aliphatic carbocycles. The van der Waals surface area contributed by atoms with Gasteiger partial charge in [0.25, 0.3) is 0 Å². The van der Waals surface area contributed by atoms with Crippen molar-refractivity contribution in [1.82, 2.24) is 5.32 Å². The summed E-state index contributed by atoms with van der Waals surface area (Å²) < 4.78 is 5.72. The van der Waals surface area contributed by atoms with Crippen LogP contribution in [0.3, 0.4) is 0 Å². The fourth-order valence-electron chi connectivity index (χ4n) is 3.42. The standard InChI is InChI=1S/C23H25NO4/c25-22(15-12-17-6-4-5-7-17)24-21(23(26)27)16-18-10-13-20(14-11-18)28-19-8-2-1-3-9-19/h1-3,8-11,13-14,16-17H,4-7,12,15H2,(H,24,25)(H,26,27). The van der Waals surface area contributed by atoms with Crippen LogP contribution in [0.25, 0.3) is 6.08 Å². The van der Waals surface area contributed by atoms with Crippen molar-refractivity contribution in [2.24, 2.45) is 5.92 Å². The highest BCUT2D eigenvalue weighted by atomic mass is 16.5. The Morgan fingerprint density at radius 2 is 1.64 bits per heavy atom. The number of rotatable bonds is 8. The van der Waals surface area contributed by atoms with Crippen LogP contribution in [-0.2, 0) is 9.59 Å². The van der Waals surface area contributed by atoms with Gasteiger partial charge in [-0.25, -0.2) is 4.79 Å². The summed E-state index contributed by atoms with van der Waals surface area (Å²) in [5, 5.41) is 11.9. The molecule has 0 unspecified atom stereocenters. The second kappa shape index (κ2) is 9.74. The van der Waals surface area contributed by atoms with Crippen molar-refractivity contribution < 1.29 is 19.4 Å². The van der Waals surface area contributed by atoms with Crippen molar-refractivity contribution in [1.29, 1.82) is 0 Å². The highest BCUT2D eigenvalue weighted by Crippen LogP contribution is 2.28. The number of hydrogen-bond donors (Lipinski definition) is 2. The average Bonchev–Trinajstić information content (AvgIpc) is 3.22. The van der Waals surface area contributed by atoms with Crippen molar-refractivity contribution in [3.63, 3.8) is 0 Å². The number of para-hydroxylation sites is 1. The quantitative estimate of drug-likeness (QED) is 0.634. The SMILES string of the molecule is O=C(CCC1CCCC1)NC(=Cc1ccc(Oc2ccccc2)cc1)C(=O)O. The Balaban J connectivity index is 1.59. The Morgan fingerprint density at radius 1 is 1.00 bits per heavy atom. The molecule has 1 amide bonds. The number of nitrogens with one attached hydrogen (secondary N) is 1. The van der Waals surface area contributed by atoms with E-state index in [0.717, 1.165) is 12.2 Å². The molecule has 3 rings (SSSR count).